The number of carboxylic acid groups (broad SMARTS) is 2. The van der Waals surface area contributed by atoms with E-state index in [2.05, 4.69) is 20.9 Å². The van der Waals surface area contributed by atoms with E-state index in [0.717, 1.165) is 16.5 Å². The summed E-state index contributed by atoms with van der Waals surface area (Å²) in [5, 5.41) is 27.0. The predicted molar refractivity (Wildman–Crippen MR) is 148 cm³/mol. The van der Waals surface area contributed by atoms with Crippen molar-refractivity contribution in [3.8, 4) is 0 Å². The van der Waals surface area contributed by atoms with Gasteiger partial charge in [-0.25, -0.2) is 4.79 Å². The lowest BCUT2D eigenvalue weighted by atomic mass is 10.00. The highest BCUT2D eigenvalue weighted by Crippen LogP contribution is 2.19. The van der Waals surface area contributed by atoms with Crippen LogP contribution in [0.15, 0.2) is 30.5 Å². The maximum atomic E-state index is 13.2. The quantitative estimate of drug-likeness (QED) is 0.124. The summed E-state index contributed by atoms with van der Waals surface area (Å²) in [5.74, 6) is -4.98. The molecule has 0 saturated carbocycles. The van der Waals surface area contributed by atoms with E-state index in [0.29, 0.717) is 19.4 Å². The van der Waals surface area contributed by atoms with Crippen molar-refractivity contribution >= 4 is 40.6 Å². The second-order valence-electron chi connectivity index (χ2n) is 10.1. The number of carbonyl (C=O) groups excluding carboxylic acids is 3. The number of hydrogen-bond acceptors (Lipinski definition) is 7. The molecule has 0 bridgehead atoms. The number of unbranched alkanes of at least 4 members (excludes halogenated alkanes) is 1. The number of para-hydroxylation sites is 1. The second kappa shape index (κ2) is 15.6. The molecule has 13 heteroatoms. The molecule has 1 aromatic heterocycles. The van der Waals surface area contributed by atoms with E-state index in [1.165, 1.54) is 0 Å². The first-order valence-corrected chi connectivity index (χ1v) is 13.3. The molecule has 0 radical (unpaired) electrons. The number of aromatic amines is 1. The topological polar surface area (TPSA) is 230 Å². The van der Waals surface area contributed by atoms with Crippen LogP contribution in [0, 0.1) is 5.92 Å². The SMILES string of the molecule is CC(C)C(NC(=O)C(N)Cc1c[nH]c2ccccc12)C(=O)NC(CCC(=O)O)C(=O)NC(CCCCN)C(=O)O. The Morgan fingerprint density at radius 2 is 1.57 bits per heavy atom. The largest absolute Gasteiger partial charge is 0.481 e. The lowest BCUT2D eigenvalue weighted by Gasteiger charge is -2.27. The van der Waals surface area contributed by atoms with Gasteiger partial charge >= 0.3 is 11.9 Å². The summed E-state index contributed by atoms with van der Waals surface area (Å²) in [5.41, 5.74) is 13.4. The fraction of sp³-hybridized carbons (Fsp3) is 0.519. The molecule has 4 atom stereocenters. The number of benzene rings is 1. The van der Waals surface area contributed by atoms with Gasteiger partial charge in [0, 0.05) is 23.5 Å². The fourth-order valence-electron chi connectivity index (χ4n) is 4.25. The molecule has 40 heavy (non-hydrogen) atoms. The van der Waals surface area contributed by atoms with Crippen LogP contribution in [-0.4, -0.2) is 75.6 Å². The van der Waals surface area contributed by atoms with E-state index in [4.69, 9.17) is 16.6 Å². The first-order valence-electron chi connectivity index (χ1n) is 13.3. The van der Waals surface area contributed by atoms with Gasteiger partial charge in [0.05, 0.1) is 6.04 Å². The second-order valence-corrected chi connectivity index (χ2v) is 10.1. The van der Waals surface area contributed by atoms with E-state index in [9.17, 15) is 29.1 Å². The van der Waals surface area contributed by atoms with Gasteiger partial charge in [-0.2, -0.15) is 0 Å². The number of aromatic nitrogens is 1. The van der Waals surface area contributed by atoms with Crippen molar-refractivity contribution in [3.05, 3.63) is 36.0 Å². The Morgan fingerprint density at radius 1 is 0.900 bits per heavy atom. The molecule has 0 saturated heterocycles. The molecular weight excluding hydrogens is 520 g/mol. The van der Waals surface area contributed by atoms with Gasteiger partial charge < -0.3 is 42.6 Å². The third-order valence-corrected chi connectivity index (χ3v) is 6.54. The smallest absolute Gasteiger partial charge is 0.326 e. The first kappa shape index (κ1) is 32.2. The number of fused-ring (bicyclic) bond motifs is 1. The van der Waals surface area contributed by atoms with Gasteiger partial charge in [-0.15, -0.1) is 0 Å². The third kappa shape index (κ3) is 9.65. The third-order valence-electron chi connectivity index (χ3n) is 6.54. The summed E-state index contributed by atoms with van der Waals surface area (Å²) in [6, 6.07) is 2.95. The van der Waals surface area contributed by atoms with Crippen LogP contribution in [-0.2, 0) is 30.4 Å². The Balaban J connectivity index is 2.10. The number of hydrogen-bond donors (Lipinski definition) is 8. The molecule has 4 unspecified atom stereocenters. The summed E-state index contributed by atoms with van der Waals surface area (Å²) >= 11 is 0. The zero-order valence-corrected chi connectivity index (χ0v) is 22.8. The van der Waals surface area contributed by atoms with E-state index in [1.807, 2.05) is 24.3 Å². The highest BCUT2D eigenvalue weighted by molar-refractivity contribution is 5.94. The Labute approximate surface area is 232 Å². The monoisotopic (exact) mass is 560 g/mol. The number of carbonyl (C=O) groups is 5. The van der Waals surface area contributed by atoms with E-state index in [1.54, 1.807) is 20.0 Å². The van der Waals surface area contributed by atoms with Gasteiger partial charge in [0.15, 0.2) is 0 Å². The summed E-state index contributed by atoms with van der Waals surface area (Å²) in [6.45, 7) is 3.76. The summed E-state index contributed by atoms with van der Waals surface area (Å²) < 4.78 is 0. The zero-order valence-electron chi connectivity index (χ0n) is 22.8. The van der Waals surface area contributed by atoms with Crippen LogP contribution in [0.2, 0.25) is 0 Å². The van der Waals surface area contributed by atoms with Crippen LogP contribution in [0.1, 0.15) is 51.5 Å². The standard InChI is InChI=1S/C27H40N6O7/c1-15(2)23(33-24(36)18(29)13-16-14-30-19-8-4-3-7-17(16)19)26(38)31-20(10-11-22(34)35)25(37)32-21(27(39)40)9-5-6-12-28/h3-4,7-8,14-15,18,20-21,23,30H,5-6,9-13,28-29H2,1-2H3,(H,31,38)(H,32,37)(H,33,36)(H,34,35)(H,39,40). The summed E-state index contributed by atoms with van der Waals surface area (Å²) in [6.07, 6.45) is 2.41. The molecule has 1 aromatic carbocycles. The van der Waals surface area contributed by atoms with Crippen LogP contribution in [0.25, 0.3) is 10.9 Å². The van der Waals surface area contributed by atoms with Crippen molar-refractivity contribution in [3.63, 3.8) is 0 Å². The lowest BCUT2D eigenvalue weighted by molar-refractivity contribution is -0.143. The van der Waals surface area contributed by atoms with Crippen molar-refractivity contribution in [1.82, 2.24) is 20.9 Å². The molecule has 2 rings (SSSR count). The Bertz CT molecular complexity index is 1180. The van der Waals surface area contributed by atoms with Gasteiger partial charge in [0.2, 0.25) is 17.7 Å². The normalized spacial score (nSPS) is 14.2. The van der Waals surface area contributed by atoms with Crippen molar-refractivity contribution in [2.45, 2.75) is 76.5 Å². The van der Waals surface area contributed by atoms with Crippen molar-refractivity contribution in [2.75, 3.05) is 6.54 Å². The van der Waals surface area contributed by atoms with Crippen molar-refractivity contribution in [1.29, 1.82) is 0 Å². The number of carboxylic acids is 2. The fourth-order valence-corrected chi connectivity index (χ4v) is 4.25. The van der Waals surface area contributed by atoms with Crippen molar-refractivity contribution in [2.24, 2.45) is 17.4 Å². The van der Waals surface area contributed by atoms with Crippen LogP contribution in [0.4, 0.5) is 0 Å². The summed E-state index contributed by atoms with van der Waals surface area (Å²) in [4.78, 5) is 65.0. The maximum absolute atomic E-state index is 13.2. The molecule has 0 aliphatic rings. The number of amides is 3. The number of nitrogens with one attached hydrogen (secondary N) is 4. The molecule has 0 aliphatic carbocycles. The van der Waals surface area contributed by atoms with Gasteiger partial charge in [-0.3, -0.25) is 19.2 Å². The minimum absolute atomic E-state index is 0.122. The number of nitrogens with two attached hydrogens (primary N) is 2. The van der Waals surface area contributed by atoms with Gasteiger partial charge in [0.25, 0.3) is 0 Å². The van der Waals surface area contributed by atoms with E-state index < -0.39 is 66.2 Å². The molecule has 0 spiro atoms. The number of aliphatic carboxylic acids is 2. The van der Waals surface area contributed by atoms with Crippen LogP contribution in [0.3, 0.4) is 0 Å². The molecule has 0 aliphatic heterocycles. The number of H-pyrrole nitrogens is 1. The molecule has 0 fully saturated rings. The molecule has 2 aromatic rings. The molecule has 3 amide bonds. The van der Waals surface area contributed by atoms with Gasteiger partial charge in [-0.05, 0) is 56.2 Å². The first-order chi connectivity index (χ1) is 18.9. The molecule has 13 nitrogen and oxygen atoms in total. The minimum Gasteiger partial charge on any atom is -0.481 e. The average Bonchev–Trinajstić information content (AvgIpc) is 3.30. The van der Waals surface area contributed by atoms with E-state index >= 15 is 0 Å². The highest BCUT2D eigenvalue weighted by Gasteiger charge is 2.32. The maximum Gasteiger partial charge on any atom is 0.326 e. The van der Waals surface area contributed by atoms with Gasteiger partial charge in [0.1, 0.15) is 18.1 Å². The number of rotatable bonds is 17. The van der Waals surface area contributed by atoms with Crippen LogP contribution in [0.5, 0.6) is 0 Å². The lowest BCUT2D eigenvalue weighted by Crippen LogP contribution is -2.58. The predicted octanol–water partition coefficient (Wildman–Crippen LogP) is 0.227. The molecule has 220 valence electrons. The Kier molecular flexibility index (Phi) is 12.6. The highest BCUT2D eigenvalue weighted by atomic mass is 16.4. The van der Waals surface area contributed by atoms with E-state index in [-0.39, 0.29) is 19.3 Å². The molecular formula is C27H40N6O7. The Hall–Kier alpha value is -3.97. The average molecular weight is 561 g/mol. The van der Waals surface area contributed by atoms with Gasteiger partial charge in [-0.1, -0.05) is 32.0 Å². The van der Waals surface area contributed by atoms with Crippen LogP contribution >= 0.6 is 0 Å². The Morgan fingerprint density at radius 3 is 2.20 bits per heavy atom. The van der Waals surface area contributed by atoms with Crippen molar-refractivity contribution < 1.29 is 34.2 Å². The minimum atomic E-state index is -1.34. The molecule has 1 heterocycles. The van der Waals surface area contributed by atoms with Crippen LogP contribution < -0.4 is 27.4 Å². The molecule has 10 N–H and O–H groups in total. The summed E-state index contributed by atoms with van der Waals surface area (Å²) in [7, 11) is 0. The zero-order chi connectivity index (χ0) is 29.8.